The van der Waals surface area contributed by atoms with E-state index in [1.165, 1.54) is 0 Å². The van der Waals surface area contributed by atoms with Crippen molar-refractivity contribution < 1.29 is 14.3 Å². The molecule has 9 nitrogen and oxygen atoms in total. The predicted molar refractivity (Wildman–Crippen MR) is 110 cm³/mol. The summed E-state index contributed by atoms with van der Waals surface area (Å²) in [5.74, 6) is 1.17. The highest BCUT2D eigenvalue weighted by Crippen LogP contribution is 2.23. The molecule has 9 heteroatoms. The molecule has 4 N–H and O–H groups in total. The highest BCUT2D eigenvalue weighted by Gasteiger charge is 2.18. The fourth-order valence-electron chi connectivity index (χ4n) is 3.32. The molecule has 152 valence electrons. The van der Waals surface area contributed by atoms with Gasteiger partial charge in [0.25, 0.3) is 0 Å². The Labute approximate surface area is 168 Å². The summed E-state index contributed by atoms with van der Waals surface area (Å²) in [5, 5.41) is 17.2. The number of rotatable bonds is 7. The van der Waals surface area contributed by atoms with Crippen LogP contribution in [0.5, 0.6) is 0 Å². The first-order valence-corrected chi connectivity index (χ1v) is 9.52. The average molecular weight is 396 g/mol. The Hall–Kier alpha value is -3.17. The first kappa shape index (κ1) is 19.2. The van der Waals surface area contributed by atoms with Gasteiger partial charge in [-0.15, -0.1) is 0 Å². The van der Waals surface area contributed by atoms with Crippen LogP contribution in [0, 0.1) is 0 Å². The second kappa shape index (κ2) is 8.89. The number of anilines is 2. The zero-order valence-corrected chi connectivity index (χ0v) is 16.1. The van der Waals surface area contributed by atoms with Crippen LogP contribution in [0.2, 0.25) is 0 Å². The molecule has 2 amide bonds. The van der Waals surface area contributed by atoms with Crippen LogP contribution in [-0.4, -0.2) is 54.2 Å². The lowest BCUT2D eigenvalue weighted by Crippen LogP contribution is -2.35. The summed E-state index contributed by atoms with van der Waals surface area (Å²) >= 11 is 0. The molecule has 2 aromatic heterocycles. The summed E-state index contributed by atoms with van der Waals surface area (Å²) in [6.45, 7) is 1.80. The Morgan fingerprint density at radius 3 is 3.00 bits per heavy atom. The summed E-state index contributed by atoms with van der Waals surface area (Å²) in [5.41, 5.74) is 1.75. The monoisotopic (exact) mass is 396 g/mol. The molecule has 29 heavy (non-hydrogen) atoms. The van der Waals surface area contributed by atoms with Crippen molar-refractivity contribution in [3.05, 3.63) is 48.2 Å². The number of pyridine rings is 1. The number of benzene rings is 1. The molecule has 1 aliphatic heterocycles. The number of carbonyl (C=O) groups excluding carboxylic acids is 1. The Morgan fingerprint density at radius 2 is 2.24 bits per heavy atom. The highest BCUT2D eigenvalue weighted by atomic mass is 16.5. The number of nitrogens with zero attached hydrogens (tertiary/aromatic N) is 2. The van der Waals surface area contributed by atoms with E-state index in [2.05, 4.69) is 31.1 Å². The number of aromatic nitrogens is 3. The molecule has 0 radical (unpaired) electrons. The van der Waals surface area contributed by atoms with E-state index in [-0.39, 0.29) is 18.1 Å². The maximum Gasteiger partial charge on any atom is 0.320 e. The minimum absolute atomic E-state index is 0.251. The van der Waals surface area contributed by atoms with E-state index in [1.54, 1.807) is 19.4 Å². The number of hydrogen-bond acceptors (Lipinski definition) is 6. The zero-order chi connectivity index (χ0) is 20.1. The van der Waals surface area contributed by atoms with Crippen molar-refractivity contribution in [1.29, 1.82) is 0 Å². The van der Waals surface area contributed by atoms with E-state index in [0.717, 1.165) is 35.3 Å². The van der Waals surface area contributed by atoms with E-state index in [9.17, 15) is 4.79 Å². The summed E-state index contributed by atoms with van der Waals surface area (Å²) in [7, 11) is 1.60. The van der Waals surface area contributed by atoms with Crippen molar-refractivity contribution in [2.45, 2.75) is 18.5 Å². The summed E-state index contributed by atoms with van der Waals surface area (Å²) in [4.78, 5) is 16.8. The van der Waals surface area contributed by atoms with Gasteiger partial charge in [0.1, 0.15) is 5.82 Å². The van der Waals surface area contributed by atoms with Crippen molar-refractivity contribution in [3.63, 3.8) is 0 Å². The van der Waals surface area contributed by atoms with Crippen LogP contribution in [0.15, 0.2) is 42.6 Å². The van der Waals surface area contributed by atoms with Crippen LogP contribution in [0.3, 0.4) is 0 Å². The number of methoxy groups -OCH3 is 1. The van der Waals surface area contributed by atoms with Gasteiger partial charge < -0.3 is 20.1 Å². The Bertz CT molecular complexity index is 955. The quantitative estimate of drug-likeness (QED) is 0.488. The van der Waals surface area contributed by atoms with E-state index in [4.69, 9.17) is 9.47 Å². The lowest BCUT2D eigenvalue weighted by molar-refractivity contribution is 0.168. The number of ether oxygens (including phenoxy) is 2. The Kier molecular flexibility index (Phi) is 5.87. The second-order valence-electron chi connectivity index (χ2n) is 6.91. The van der Waals surface area contributed by atoms with Gasteiger partial charge in [0.2, 0.25) is 0 Å². The van der Waals surface area contributed by atoms with Crippen LogP contribution in [0.25, 0.3) is 10.9 Å². The summed E-state index contributed by atoms with van der Waals surface area (Å²) < 4.78 is 10.6. The number of carbonyl (C=O) groups is 1. The van der Waals surface area contributed by atoms with Crippen LogP contribution in [0.4, 0.5) is 16.4 Å². The molecule has 1 aromatic carbocycles. The average Bonchev–Trinajstić information content (AvgIpc) is 3.39. The lowest BCUT2D eigenvalue weighted by Gasteiger charge is -2.18. The number of hydrogen-bond donors (Lipinski definition) is 4. The van der Waals surface area contributed by atoms with Gasteiger partial charge in [-0.3, -0.25) is 10.4 Å². The number of aromatic amines is 1. The van der Waals surface area contributed by atoms with Gasteiger partial charge in [-0.05, 0) is 12.0 Å². The molecule has 3 aromatic rings. The fraction of sp³-hybridized carbons (Fsp3) is 0.350. The first-order valence-electron chi connectivity index (χ1n) is 9.52. The molecule has 0 saturated carbocycles. The molecule has 0 bridgehead atoms. The van der Waals surface area contributed by atoms with Crippen LogP contribution in [-0.2, 0) is 9.47 Å². The van der Waals surface area contributed by atoms with Gasteiger partial charge in [-0.25, -0.2) is 9.78 Å². The highest BCUT2D eigenvalue weighted by molar-refractivity contribution is 5.94. The molecular weight excluding hydrogens is 372 g/mol. The predicted octanol–water partition coefficient (Wildman–Crippen LogP) is 2.67. The topological polar surface area (TPSA) is 113 Å². The van der Waals surface area contributed by atoms with Gasteiger partial charge in [0.05, 0.1) is 36.2 Å². The normalized spacial score (nSPS) is 17.2. The van der Waals surface area contributed by atoms with Crippen molar-refractivity contribution >= 4 is 28.6 Å². The van der Waals surface area contributed by atoms with Crippen LogP contribution in [0.1, 0.15) is 18.0 Å². The van der Waals surface area contributed by atoms with Gasteiger partial charge in [0, 0.05) is 26.0 Å². The molecule has 1 fully saturated rings. The number of urea groups is 1. The summed E-state index contributed by atoms with van der Waals surface area (Å²) in [6, 6.07) is 11.1. The molecular formula is C20H24N6O3. The number of nitrogens with one attached hydrogen (secondary N) is 4. The van der Waals surface area contributed by atoms with Crippen molar-refractivity contribution in [3.8, 4) is 0 Å². The standard InChI is InChI=1S/C20H24N6O3/c1-28-12-17(13-5-3-2-4-6-13)23-20(27)24-18-9-16-15(10-21-18)19(26-25-16)22-14-7-8-29-11-14/h2-6,9-10,14,17H,7-8,11-12H2,1H3,(H2,22,25,26)(H2,21,23,24,27)/t14-,17-/m1/s1. The molecule has 0 aliphatic carbocycles. The number of H-pyrrole nitrogens is 1. The van der Waals surface area contributed by atoms with E-state index in [0.29, 0.717) is 19.0 Å². The maximum atomic E-state index is 12.5. The minimum Gasteiger partial charge on any atom is -0.382 e. The van der Waals surface area contributed by atoms with E-state index >= 15 is 0 Å². The van der Waals surface area contributed by atoms with Crippen LogP contribution < -0.4 is 16.0 Å². The van der Waals surface area contributed by atoms with Gasteiger partial charge in [-0.1, -0.05) is 30.3 Å². The van der Waals surface area contributed by atoms with Crippen molar-refractivity contribution in [1.82, 2.24) is 20.5 Å². The van der Waals surface area contributed by atoms with Gasteiger partial charge >= 0.3 is 6.03 Å². The minimum atomic E-state index is -0.358. The van der Waals surface area contributed by atoms with E-state index in [1.807, 2.05) is 30.3 Å². The molecule has 4 rings (SSSR count). The maximum absolute atomic E-state index is 12.5. The van der Waals surface area contributed by atoms with Gasteiger partial charge in [-0.2, -0.15) is 5.10 Å². The second-order valence-corrected chi connectivity index (χ2v) is 6.91. The third-order valence-electron chi connectivity index (χ3n) is 4.80. The van der Waals surface area contributed by atoms with Crippen molar-refractivity contribution in [2.24, 2.45) is 0 Å². The molecule has 0 spiro atoms. The zero-order valence-electron chi connectivity index (χ0n) is 16.1. The Morgan fingerprint density at radius 1 is 1.38 bits per heavy atom. The van der Waals surface area contributed by atoms with E-state index < -0.39 is 0 Å². The molecule has 1 aliphatic rings. The smallest absolute Gasteiger partial charge is 0.320 e. The Balaban J connectivity index is 1.42. The molecule has 1 saturated heterocycles. The van der Waals surface area contributed by atoms with Crippen molar-refractivity contribution in [2.75, 3.05) is 37.6 Å². The van der Waals surface area contributed by atoms with Gasteiger partial charge in [0.15, 0.2) is 5.82 Å². The summed E-state index contributed by atoms with van der Waals surface area (Å²) in [6.07, 6.45) is 2.64. The lowest BCUT2D eigenvalue weighted by atomic mass is 10.1. The third-order valence-corrected chi connectivity index (χ3v) is 4.80. The first-order chi connectivity index (χ1) is 14.2. The molecule has 0 unspecified atom stereocenters. The SMILES string of the molecule is COC[C@@H](NC(=O)Nc1cc2[nH]nc(N[C@@H]3CCOC3)c2cn1)c1ccccc1. The molecule has 2 atom stereocenters. The van der Waals surface area contributed by atoms with Crippen LogP contribution >= 0.6 is 0 Å². The fourth-order valence-corrected chi connectivity index (χ4v) is 3.32. The number of amides is 2. The third kappa shape index (κ3) is 4.64. The molecule has 3 heterocycles. The largest absolute Gasteiger partial charge is 0.382 e. The number of fused-ring (bicyclic) bond motifs is 1.